The molecule has 0 aliphatic rings. The summed E-state index contributed by atoms with van der Waals surface area (Å²) >= 11 is 5.22. The third kappa shape index (κ3) is 1.46. The molecule has 0 radical (unpaired) electrons. The molecule has 0 aliphatic heterocycles. The van der Waals surface area contributed by atoms with Gasteiger partial charge in [-0.15, -0.1) is 0 Å². The van der Waals surface area contributed by atoms with Gasteiger partial charge < -0.3 is 9.13 Å². The Morgan fingerprint density at radius 1 is 1.19 bits per heavy atom. The number of nitriles is 2. The van der Waals surface area contributed by atoms with Gasteiger partial charge in [0.05, 0.1) is 29.4 Å². The molecule has 0 fully saturated rings. The third-order valence-corrected chi connectivity index (χ3v) is 2.72. The van der Waals surface area contributed by atoms with Crippen LogP contribution in [0, 0.1) is 27.4 Å². The highest BCUT2D eigenvalue weighted by Gasteiger charge is 2.09. The number of rotatable bonds is 2. The molecule has 5 nitrogen and oxygen atoms in total. The lowest BCUT2D eigenvalue weighted by atomic mass is 10.4. The van der Waals surface area contributed by atoms with E-state index < -0.39 is 0 Å². The van der Waals surface area contributed by atoms with Crippen LogP contribution in [0.2, 0.25) is 0 Å². The molecule has 0 amide bonds. The first-order chi connectivity index (χ1) is 7.79. The Morgan fingerprint density at radius 2 is 1.81 bits per heavy atom. The number of fused-ring (bicyclic) bond motifs is 1. The van der Waals surface area contributed by atoms with Gasteiger partial charge in [0.15, 0.2) is 4.77 Å². The molecule has 0 saturated heterocycles. The summed E-state index contributed by atoms with van der Waals surface area (Å²) in [4.78, 5) is 4.00. The average molecular weight is 229 g/mol. The van der Waals surface area contributed by atoms with Crippen molar-refractivity contribution < 1.29 is 0 Å². The molecule has 2 aromatic heterocycles. The van der Waals surface area contributed by atoms with Crippen molar-refractivity contribution in [1.29, 1.82) is 10.5 Å². The Balaban J connectivity index is 2.82. The SMILES string of the molecule is N#CCn1c(=S)n(CC#N)c2cnccc21. The Kier molecular flexibility index (Phi) is 2.67. The fraction of sp³-hybridized carbons (Fsp3) is 0.200. The quantitative estimate of drug-likeness (QED) is 0.733. The van der Waals surface area contributed by atoms with Gasteiger partial charge in [0.25, 0.3) is 0 Å². The van der Waals surface area contributed by atoms with Crippen molar-refractivity contribution in [2.45, 2.75) is 13.1 Å². The maximum Gasteiger partial charge on any atom is 0.182 e. The molecule has 0 saturated carbocycles. The van der Waals surface area contributed by atoms with E-state index in [-0.39, 0.29) is 13.1 Å². The second-order valence-electron chi connectivity index (χ2n) is 3.14. The molecule has 2 heterocycles. The van der Waals surface area contributed by atoms with E-state index in [0.29, 0.717) is 4.77 Å². The Bertz CT molecular complexity index is 611. The van der Waals surface area contributed by atoms with Crippen molar-refractivity contribution in [2.24, 2.45) is 0 Å². The van der Waals surface area contributed by atoms with Crippen LogP contribution in [0.1, 0.15) is 0 Å². The normalized spacial score (nSPS) is 9.88. The lowest BCUT2D eigenvalue weighted by Gasteiger charge is -1.95. The molecular weight excluding hydrogens is 222 g/mol. The van der Waals surface area contributed by atoms with Crippen LogP contribution in [0.5, 0.6) is 0 Å². The van der Waals surface area contributed by atoms with E-state index in [2.05, 4.69) is 11.1 Å². The summed E-state index contributed by atoms with van der Waals surface area (Å²) in [6.07, 6.45) is 3.29. The molecule has 2 aromatic rings. The van der Waals surface area contributed by atoms with Gasteiger partial charge in [-0.1, -0.05) is 0 Å². The standard InChI is InChI=1S/C10H7N5S/c11-2-5-14-8-1-4-13-7-9(8)15(6-3-12)10(14)16/h1,4,7H,5-6H2. The van der Waals surface area contributed by atoms with Gasteiger partial charge in [0, 0.05) is 6.20 Å². The lowest BCUT2D eigenvalue weighted by molar-refractivity contribution is 0.759. The first kappa shape index (κ1) is 10.3. The number of imidazole rings is 1. The van der Waals surface area contributed by atoms with Crippen molar-refractivity contribution in [3.8, 4) is 12.1 Å². The minimum Gasteiger partial charge on any atom is -0.303 e. The van der Waals surface area contributed by atoms with E-state index in [1.165, 1.54) is 0 Å². The molecule has 78 valence electrons. The van der Waals surface area contributed by atoms with Crippen LogP contribution in [-0.4, -0.2) is 14.1 Å². The van der Waals surface area contributed by atoms with Crippen LogP contribution in [-0.2, 0) is 13.1 Å². The van der Waals surface area contributed by atoms with E-state index in [0.717, 1.165) is 11.0 Å². The molecule has 2 rings (SSSR count). The Labute approximate surface area is 96.8 Å². The second-order valence-corrected chi connectivity index (χ2v) is 3.50. The molecule has 16 heavy (non-hydrogen) atoms. The highest BCUT2D eigenvalue weighted by molar-refractivity contribution is 7.71. The van der Waals surface area contributed by atoms with Crippen molar-refractivity contribution >= 4 is 23.3 Å². The highest BCUT2D eigenvalue weighted by atomic mass is 32.1. The van der Waals surface area contributed by atoms with E-state index in [9.17, 15) is 0 Å². The first-order valence-corrected chi connectivity index (χ1v) is 4.97. The topological polar surface area (TPSA) is 70.3 Å². The number of hydrogen-bond acceptors (Lipinski definition) is 4. The van der Waals surface area contributed by atoms with Crippen LogP contribution in [0.15, 0.2) is 18.5 Å². The number of hydrogen-bond donors (Lipinski definition) is 0. The van der Waals surface area contributed by atoms with Crippen molar-refractivity contribution in [3.63, 3.8) is 0 Å². The molecule has 0 unspecified atom stereocenters. The monoisotopic (exact) mass is 229 g/mol. The summed E-state index contributed by atoms with van der Waals surface area (Å²) in [5, 5.41) is 17.5. The van der Waals surface area contributed by atoms with Crippen LogP contribution >= 0.6 is 12.2 Å². The summed E-state index contributed by atoms with van der Waals surface area (Å²) < 4.78 is 3.85. The molecule has 0 atom stereocenters. The van der Waals surface area contributed by atoms with Crippen LogP contribution in [0.4, 0.5) is 0 Å². The van der Waals surface area contributed by atoms with Crippen molar-refractivity contribution in [1.82, 2.24) is 14.1 Å². The molecule has 0 bridgehead atoms. The van der Waals surface area contributed by atoms with E-state index >= 15 is 0 Å². The van der Waals surface area contributed by atoms with E-state index in [4.69, 9.17) is 22.7 Å². The van der Waals surface area contributed by atoms with Gasteiger partial charge >= 0.3 is 0 Å². The summed E-state index contributed by atoms with van der Waals surface area (Å²) in [6.45, 7) is 0.344. The summed E-state index contributed by atoms with van der Waals surface area (Å²) in [6, 6.07) is 5.88. The van der Waals surface area contributed by atoms with Gasteiger partial charge in [-0.2, -0.15) is 10.5 Å². The Hall–Kier alpha value is -2.18. The van der Waals surface area contributed by atoms with Crippen molar-refractivity contribution in [2.75, 3.05) is 0 Å². The number of nitrogens with zero attached hydrogens (tertiary/aromatic N) is 5. The average Bonchev–Trinajstić information content (AvgIpc) is 2.56. The van der Waals surface area contributed by atoms with Crippen LogP contribution in [0.25, 0.3) is 11.0 Å². The van der Waals surface area contributed by atoms with E-state index in [1.807, 2.05) is 6.07 Å². The zero-order chi connectivity index (χ0) is 11.5. The highest BCUT2D eigenvalue weighted by Crippen LogP contribution is 2.16. The molecular formula is C10H7N5S. The Morgan fingerprint density at radius 3 is 2.44 bits per heavy atom. The summed E-state index contributed by atoms with van der Waals surface area (Å²) in [5.41, 5.74) is 1.61. The second kappa shape index (κ2) is 4.13. The fourth-order valence-corrected chi connectivity index (χ4v) is 1.94. The van der Waals surface area contributed by atoms with Gasteiger partial charge in [-0.3, -0.25) is 4.98 Å². The molecule has 6 heteroatoms. The maximum atomic E-state index is 8.74. The van der Waals surface area contributed by atoms with Crippen molar-refractivity contribution in [3.05, 3.63) is 23.2 Å². The predicted octanol–water partition coefficient (Wildman–Crippen LogP) is 1.61. The molecule has 0 spiro atoms. The summed E-state index contributed by atoms with van der Waals surface area (Å²) in [5.74, 6) is 0. The molecule has 0 aliphatic carbocycles. The van der Waals surface area contributed by atoms with Gasteiger partial charge in [0.2, 0.25) is 0 Å². The van der Waals surface area contributed by atoms with Crippen LogP contribution < -0.4 is 0 Å². The third-order valence-electron chi connectivity index (χ3n) is 2.28. The van der Waals surface area contributed by atoms with Gasteiger partial charge in [-0.25, -0.2) is 0 Å². The largest absolute Gasteiger partial charge is 0.303 e. The molecule has 0 N–H and O–H groups in total. The minimum atomic E-state index is 0.166. The van der Waals surface area contributed by atoms with Crippen LogP contribution in [0.3, 0.4) is 0 Å². The van der Waals surface area contributed by atoms with Gasteiger partial charge in [-0.05, 0) is 18.3 Å². The zero-order valence-corrected chi connectivity index (χ0v) is 9.11. The first-order valence-electron chi connectivity index (χ1n) is 4.56. The van der Waals surface area contributed by atoms with Gasteiger partial charge in [0.1, 0.15) is 13.1 Å². The number of pyridine rings is 1. The minimum absolute atomic E-state index is 0.166. The van der Waals surface area contributed by atoms with E-state index in [1.54, 1.807) is 27.6 Å². The fourth-order valence-electron chi connectivity index (χ4n) is 1.61. The lowest BCUT2D eigenvalue weighted by Crippen LogP contribution is -1.99. The maximum absolute atomic E-state index is 8.74. The smallest absolute Gasteiger partial charge is 0.182 e. The predicted molar refractivity (Wildman–Crippen MR) is 59.8 cm³/mol. The molecule has 0 aromatic carbocycles. The zero-order valence-electron chi connectivity index (χ0n) is 8.29. The summed E-state index contributed by atoms with van der Waals surface area (Å²) in [7, 11) is 0. The number of aromatic nitrogens is 3.